The highest BCUT2D eigenvalue weighted by Gasteiger charge is 2.16. The van der Waals surface area contributed by atoms with Gasteiger partial charge in [0.1, 0.15) is 12.4 Å². The standard InChI is InChI=1S/C23H22F2N2O2/c24-21(25)16-29-20-13-7-8-17(14-20)15-26-23(28)27-22(18-9-3-1-4-10-18)19-11-5-2-6-12-19/h1-14,21-22H,15-16H2,(H2,26,27,28). The Labute approximate surface area is 168 Å². The Balaban J connectivity index is 1.63. The predicted octanol–water partition coefficient (Wildman–Crippen LogP) is 4.92. The maximum Gasteiger partial charge on any atom is 0.315 e. The first-order valence-electron chi connectivity index (χ1n) is 9.26. The minimum absolute atomic E-state index is 0.244. The third kappa shape index (κ3) is 6.31. The lowest BCUT2D eigenvalue weighted by Crippen LogP contribution is -2.38. The molecule has 0 bridgehead atoms. The zero-order chi connectivity index (χ0) is 20.5. The molecule has 0 unspecified atom stereocenters. The quantitative estimate of drug-likeness (QED) is 0.568. The molecule has 0 radical (unpaired) electrons. The van der Waals surface area contributed by atoms with Gasteiger partial charge in [-0.05, 0) is 28.8 Å². The molecule has 0 heterocycles. The van der Waals surface area contributed by atoms with Crippen LogP contribution in [0.1, 0.15) is 22.7 Å². The highest BCUT2D eigenvalue weighted by Crippen LogP contribution is 2.21. The fourth-order valence-corrected chi connectivity index (χ4v) is 2.92. The van der Waals surface area contributed by atoms with Crippen molar-refractivity contribution in [3.63, 3.8) is 0 Å². The predicted molar refractivity (Wildman–Crippen MR) is 108 cm³/mol. The van der Waals surface area contributed by atoms with Gasteiger partial charge in [0.05, 0.1) is 6.04 Å². The van der Waals surface area contributed by atoms with Crippen LogP contribution in [-0.2, 0) is 6.54 Å². The Morgan fingerprint density at radius 2 is 1.48 bits per heavy atom. The van der Waals surface area contributed by atoms with E-state index in [-0.39, 0.29) is 18.6 Å². The number of hydrogen-bond acceptors (Lipinski definition) is 2. The molecule has 150 valence electrons. The molecule has 0 saturated carbocycles. The number of carbonyl (C=O) groups is 1. The van der Waals surface area contributed by atoms with Gasteiger partial charge in [0.25, 0.3) is 6.43 Å². The number of urea groups is 1. The number of halogens is 2. The molecule has 0 spiro atoms. The second-order valence-corrected chi connectivity index (χ2v) is 6.43. The van der Waals surface area contributed by atoms with E-state index in [0.29, 0.717) is 5.75 Å². The summed E-state index contributed by atoms with van der Waals surface area (Å²) in [6.45, 7) is -0.415. The van der Waals surface area contributed by atoms with Crippen LogP contribution in [0.2, 0.25) is 0 Å². The normalized spacial score (nSPS) is 10.8. The van der Waals surface area contributed by atoms with Crippen molar-refractivity contribution in [3.05, 3.63) is 102 Å². The molecule has 2 N–H and O–H groups in total. The summed E-state index contributed by atoms with van der Waals surface area (Å²) in [7, 11) is 0. The Kier molecular flexibility index (Phi) is 7.16. The molecule has 0 aliphatic carbocycles. The van der Waals surface area contributed by atoms with Gasteiger partial charge in [-0.15, -0.1) is 0 Å². The topological polar surface area (TPSA) is 50.4 Å². The molecule has 3 aromatic carbocycles. The van der Waals surface area contributed by atoms with E-state index in [2.05, 4.69) is 10.6 Å². The molecular weight excluding hydrogens is 374 g/mol. The number of hydrogen-bond donors (Lipinski definition) is 2. The van der Waals surface area contributed by atoms with Gasteiger partial charge in [0, 0.05) is 6.54 Å². The molecule has 0 atom stereocenters. The molecule has 3 aromatic rings. The Morgan fingerprint density at radius 1 is 0.862 bits per heavy atom. The number of alkyl halides is 2. The average molecular weight is 396 g/mol. The van der Waals surface area contributed by atoms with E-state index in [1.54, 1.807) is 24.3 Å². The van der Waals surface area contributed by atoms with E-state index in [0.717, 1.165) is 16.7 Å². The third-order valence-corrected chi connectivity index (χ3v) is 4.27. The third-order valence-electron chi connectivity index (χ3n) is 4.27. The Bertz CT molecular complexity index is 866. The van der Waals surface area contributed by atoms with Crippen molar-refractivity contribution >= 4 is 6.03 Å². The molecule has 6 heteroatoms. The first-order valence-corrected chi connectivity index (χ1v) is 9.26. The van der Waals surface area contributed by atoms with Crippen molar-refractivity contribution in [3.8, 4) is 5.75 Å². The number of amides is 2. The van der Waals surface area contributed by atoms with Crippen LogP contribution in [-0.4, -0.2) is 19.1 Å². The van der Waals surface area contributed by atoms with Crippen LogP contribution in [0.5, 0.6) is 5.75 Å². The lowest BCUT2D eigenvalue weighted by molar-refractivity contribution is 0.0818. The lowest BCUT2D eigenvalue weighted by Gasteiger charge is -2.20. The molecule has 29 heavy (non-hydrogen) atoms. The smallest absolute Gasteiger partial charge is 0.315 e. The lowest BCUT2D eigenvalue weighted by atomic mass is 9.99. The van der Waals surface area contributed by atoms with Crippen LogP contribution < -0.4 is 15.4 Å². The van der Waals surface area contributed by atoms with E-state index >= 15 is 0 Å². The molecule has 0 aliphatic rings. The Morgan fingerprint density at radius 3 is 2.07 bits per heavy atom. The summed E-state index contributed by atoms with van der Waals surface area (Å²) in [6.07, 6.45) is -2.53. The molecule has 0 saturated heterocycles. The monoisotopic (exact) mass is 396 g/mol. The van der Waals surface area contributed by atoms with Crippen LogP contribution in [0.25, 0.3) is 0 Å². The minimum Gasteiger partial charge on any atom is -0.488 e. The van der Waals surface area contributed by atoms with Gasteiger partial charge in [0.15, 0.2) is 0 Å². The number of ether oxygens (including phenoxy) is 1. The maximum atomic E-state index is 12.5. The SMILES string of the molecule is O=C(NCc1cccc(OCC(F)F)c1)NC(c1ccccc1)c1ccccc1. The zero-order valence-electron chi connectivity index (χ0n) is 15.7. The summed E-state index contributed by atoms with van der Waals surface area (Å²) >= 11 is 0. The van der Waals surface area contributed by atoms with Crippen LogP contribution in [0.3, 0.4) is 0 Å². The fraction of sp³-hybridized carbons (Fsp3) is 0.174. The number of rotatable bonds is 8. The van der Waals surface area contributed by atoms with Crippen molar-refractivity contribution < 1.29 is 18.3 Å². The highest BCUT2D eigenvalue weighted by atomic mass is 19.3. The van der Waals surface area contributed by atoms with Gasteiger partial charge in [-0.3, -0.25) is 0 Å². The van der Waals surface area contributed by atoms with Gasteiger partial charge >= 0.3 is 6.03 Å². The minimum atomic E-state index is -2.53. The fourth-order valence-electron chi connectivity index (χ4n) is 2.92. The summed E-state index contributed by atoms with van der Waals surface area (Å²) < 4.78 is 29.6. The summed E-state index contributed by atoms with van der Waals surface area (Å²) in [5, 5.41) is 5.80. The molecule has 0 aliphatic heterocycles. The summed E-state index contributed by atoms with van der Waals surface area (Å²) in [5.41, 5.74) is 2.69. The van der Waals surface area contributed by atoms with Crippen LogP contribution in [0.15, 0.2) is 84.9 Å². The van der Waals surface area contributed by atoms with Gasteiger partial charge in [-0.2, -0.15) is 0 Å². The van der Waals surface area contributed by atoms with Crippen molar-refractivity contribution in [2.75, 3.05) is 6.61 Å². The Hall–Kier alpha value is -3.41. The van der Waals surface area contributed by atoms with E-state index in [1.165, 1.54) is 0 Å². The molecule has 0 fully saturated rings. The van der Waals surface area contributed by atoms with E-state index < -0.39 is 13.0 Å². The largest absolute Gasteiger partial charge is 0.488 e. The number of nitrogens with one attached hydrogen (secondary N) is 2. The maximum absolute atomic E-state index is 12.5. The molecule has 4 nitrogen and oxygen atoms in total. The summed E-state index contributed by atoms with van der Waals surface area (Å²) in [5.74, 6) is 0.344. The summed E-state index contributed by atoms with van der Waals surface area (Å²) in [4.78, 5) is 12.5. The molecular formula is C23H22F2N2O2. The molecule has 3 rings (SSSR count). The first-order chi connectivity index (χ1) is 14.1. The second kappa shape index (κ2) is 10.2. The molecule has 2 amide bonds. The second-order valence-electron chi connectivity index (χ2n) is 6.43. The average Bonchev–Trinajstić information content (AvgIpc) is 2.76. The first kappa shape index (κ1) is 20.3. The van der Waals surface area contributed by atoms with Gasteiger partial charge in [0.2, 0.25) is 0 Å². The zero-order valence-corrected chi connectivity index (χ0v) is 15.7. The number of benzene rings is 3. The number of carbonyl (C=O) groups excluding carboxylic acids is 1. The van der Waals surface area contributed by atoms with Crippen LogP contribution in [0, 0.1) is 0 Å². The van der Waals surface area contributed by atoms with Crippen molar-refractivity contribution in [2.24, 2.45) is 0 Å². The van der Waals surface area contributed by atoms with E-state index in [1.807, 2.05) is 60.7 Å². The van der Waals surface area contributed by atoms with Crippen molar-refractivity contribution in [1.29, 1.82) is 0 Å². The van der Waals surface area contributed by atoms with Crippen LogP contribution >= 0.6 is 0 Å². The molecule has 0 aromatic heterocycles. The highest BCUT2D eigenvalue weighted by molar-refractivity contribution is 5.75. The van der Waals surface area contributed by atoms with E-state index in [9.17, 15) is 13.6 Å². The summed E-state index contributed by atoms with van der Waals surface area (Å²) in [6, 6.07) is 25.5. The van der Waals surface area contributed by atoms with Gasteiger partial charge in [-0.25, -0.2) is 13.6 Å². The van der Waals surface area contributed by atoms with Gasteiger partial charge in [-0.1, -0.05) is 72.8 Å². The van der Waals surface area contributed by atoms with Crippen LogP contribution in [0.4, 0.5) is 13.6 Å². The van der Waals surface area contributed by atoms with Gasteiger partial charge < -0.3 is 15.4 Å². The van der Waals surface area contributed by atoms with Crippen molar-refractivity contribution in [1.82, 2.24) is 10.6 Å². The van der Waals surface area contributed by atoms with E-state index in [4.69, 9.17) is 4.74 Å². The van der Waals surface area contributed by atoms with Crippen molar-refractivity contribution in [2.45, 2.75) is 19.0 Å².